The van der Waals surface area contributed by atoms with Crippen molar-refractivity contribution >= 4 is 17.7 Å². The lowest BCUT2D eigenvalue weighted by Gasteiger charge is -2.12. The van der Waals surface area contributed by atoms with Crippen molar-refractivity contribution in [2.24, 2.45) is 14.1 Å². The van der Waals surface area contributed by atoms with E-state index in [0.717, 1.165) is 4.57 Å². The minimum Gasteiger partial charge on any atom is -0.481 e. The quantitative estimate of drug-likeness (QED) is 0.563. The van der Waals surface area contributed by atoms with Gasteiger partial charge in [0.05, 0.1) is 0 Å². The number of hydrogen-bond acceptors (Lipinski definition) is 5. The minimum absolute atomic E-state index is 0.0259. The molecule has 1 amide bonds. The molecular weight excluding hydrogens is 268 g/mol. The maximum absolute atomic E-state index is 11.6. The molecule has 9 nitrogen and oxygen atoms in total. The molecule has 110 valence electrons. The second-order valence-corrected chi connectivity index (χ2v) is 4.19. The van der Waals surface area contributed by atoms with Crippen molar-refractivity contribution in [1.29, 1.82) is 0 Å². The summed E-state index contributed by atoms with van der Waals surface area (Å²) in [7, 11) is 2.79. The fourth-order valence-corrected chi connectivity index (χ4v) is 1.45. The van der Waals surface area contributed by atoms with Gasteiger partial charge in [0.25, 0.3) is 5.56 Å². The first-order valence-corrected chi connectivity index (χ1v) is 5.86. The van der Waals surface area contributed by atoms with Gasteiger partial charge < -0.3 is 5.11 Å². The van der Waals surface area contributed by atoms with Crippen molar-refractivity contribution in [2.75, 3.05) is 5.43 Å². The van der Waals surface area contributed by atoms with Crippen molar-refractivity contribution < 1.29 is 14.7 Å². The molecule has 20 heavy (non-hydrogen) atoms. The van der Waals surface area contributed by atoms with Gasteiger partial charge in [-0.05, 0) is 6.42 Å². The fraction of sp³-hybridized carbons (Fsp3) is 0.455. The molecular formula is C11H16N4O5. The molecule has 0 aliphatic carbocycles. The molecule has 9 heteroatoms. The molecule has 1 rings (SSSR count). The molecule has 0 radical (unpaired) electrons. The Morgan fingerprint density at radius 3 is 2.45 bits per heavy atom. The minimum atomic E-state index is -0.972. The van der Waals surface area contributed by atoms with Crippen molar-refractivity contribution in [3.63, 3.8) is 0 Å². The van der Waals surface area contributed by atoms with E-state index in [2.05, 4.69) is 10.9 Å². The van der Waals surface area contributed by atoms with Gasteiger partial charge in [0.15, 0.2) is 0 Å². The number of nitrogens with zero attached hydrogens (tertiary/aromatic N) is 2. The van der Waals surface area contributed by atoms with E-state index in [1.165, 1.54) is 24.7 Å². The topological polar surface area (TPSA) is 122 Å². The number of aromatic nitrogens is 2. The molecule has 0 aliphatic heterocycles. The summed E-state index contributed by atoms with van der Waals surface area (Å²) in [6.07, 6.45) is 0.133. The summed E-state index contributed by atoms with van der Waals surface area (Å²) in [5.74, 6) is -1.26. The Hall–Kier alpha value is -2.58. The number of amides is 1. The van der Waals surface area contributed by atoms with Gasteiger partial charge >= 0.3 is 11.7 Å². The Bertz CT molecular complexity index is 631. The zero-order chi connectivity index (χ0) is 15.3. The van der Waals surface area contributed by atoms with Crippen LogP contribution in [0.3, 0.4) is 0 Å². The standard InChI is InChI=1S/C11H16N4O5/c1-14-7(6-9(17)15(2)11(14)20)12-13-8(16)4-3-5-10(18)19/h6,12H,3-5H2,1-2H3,(H,13,16)(H,18,19). The third kappa shape index (κ3) is 3.97. The highest BCUT2D eigenvalue weighted by Gasteiger charge is 2.07. The highest BCUT2D eigenvalue weighted by Crippen LogP contribution is 1.98. The van der Waals surface area contributed by atoms with Crippen LogP contribution in [0.2, 0.25) is 0 Å². The van der Waals surface area contributed by atoms with Gasteiger partial charge in [-0.3, -0.25) is 34.4 Å². The van der Waals surface area contributed by atoms with Crippen LogP contribution in [0.5, 0.6) is 0 Å². The van der Waals surface area contributed by atoms with Gasteiger partial charge in [-0.1, -0.05) is 0 Å². The van der Waals surface area contributed by atoms with Crippen molar-refractivity contribution in [3.8, 4) is 0 Å². The zero-order valence-corrected chi connectivity index (χ0v) is 11.2. The molecule has 0 unspecified atom stereocenters. The maximum Gasteiger partial charge on any atom is 0.332 e. The monoisotopic (exact) mass is 284 g/mol. The van der Waals surface area contributed by atoms with E-state index in [9.17, 15) is 19.2 Å². The second kappa shape index (κ2) is 6.55. The Morgan fingerprint density at radius 1 is 1.20 bits per heavy atom. The normalized spacial score (nSPS) is 10.1. The summed E-state index contributed by atoms with van der Waals surface area (Å²) in [5.41, 5.74) is 3.73. The molecule has 0 saturated heterocycles. The number of nitrogens with one attached hydrogen (secondary N) is 2. The number of rotatable bonds is 6. The van der Waals surface area contributed by atoms with Crippen LogP contribution in [0.25, 0.3) is 0 Å². The Morgan fingerprint density at radius 2 is 1.85 bits per heavy atom. The van der Waals surface area contributed by atoms with Crippen LogP contribution in [0.1, 0.15) is 19.3 Å². The first kappa shape index (κ1) is 15.5. The second-order valence-electron chi connectivity index (χ2n) is 4.19. The molecule has 0 aromatic carbocycles. The summed E-state index contributed by atoms with van der Waals surface area (Å²) in [4.78, 5) is 44.7. The number of carbonyl (C=O) groups is 2. The smallest absolute Gasteiger partial charge is 0.332 e. The third-order valence-corrected chi connectivity index (χ3v) is 2.65. The van der Waals surface area contributed by atoms with Crippen LogP contribution in [-0.4, -0.2) is 26.1 Å². The van der Waals surface area contributed by atoms with Crippen LogP contribution in [0.4, 0.5) is 5.82 Å². The van der Waals surface area contributed by atoms with E-state index in [4.69, 9.17) is 5.11 Å². The predicted molar refractivity (Wildman–Crippen MR) is 70.2 cm³/mol. The summed E-state index contributed by atoms with van der Waals surface area (Å²) in [6, 6.07) is 1.17. The molecule has 0 bridgehead atoms. The molecule has 0 spiro atoms. The fourth-order valence-electron chi connectivity index (χ4n) is 1.45. The number of anilines is 1. The van der Waals surface area contributed by atoms with Gasteiger partial charge in [0.2, 0.25) is 5.91 Å². The largest absolute Gasteiger partial charge is 0.481 e. The number of aliphatic carboxylic acids is 1. The van der Waals surface area contributed by atoms with Gasteiger partial charge in [0.1, 0.15) is 5.82 Å². The Kier molecular flexibility index (Phi) is 5.07. The van der Waals surface area contributed by atoms with Crippen LogP contribution in [0.15, 0.2) is 15.7 Å². The lowest BCUT2D eigenvalue weighted by molar-refractivity contribution is -0.137. The van der Waals surface area contributed by atoms with E-state index >= 15 is 0 Å². The van der Waals surface area contributed by atoms with Crippen molar-refractivity contribution in [2.45, 2.75) is 19.3 Å². The number of carbonyl (C=O) groups excluding carboxylic acids is 1. The lowest BCUT2D eigenvalue weighted by Crippen LogP contribution is -2.40. The SMILES string of the molecule is Cn1c(NNC(=O)CCCC(=O)O)cc(=O)n(C)c1=O. The van der Waals surface area contributed by atoms with Crippen molar-refractivity contribution in [1.82, 2.24) is 14.6 Å². The van der Waals surface area contributed by atoms with Gasteiger partial charge in [-0.15, -0.1) is 0 Å². The van der Waals surface area contributed by atoms with E-state index in [-0.39, 0.29) is 25.1 Å². The van der Waals surface area contributed by atoms with Gasteiger partial charge in [-0.2, -0.15) is 0 Å². The maximum atomic E-state index is 11.6. The molecule has 1 aromatic heterocycles. The van der Waals surface area contributed by atoms with Crippen LogP contribution >= 0.6 is 0 Å². The molecule has 3 N–H and O–H groups in total. The highest BCUT2D eigenvalue weighted by molar-refractivity contribution is 5.77. The summed E-state index contributed by atoms with van der Waals surface area (Å²) in [5, 5.41) is 8.44. The Labute approximate surface area is 113 Å². The van der Waals surface area contributed by atoms with Crippen LogP contribution in [0, 0.1) is 0 Å². The number of carboxylic acids is 1. The van der Waals surface area contributed by atoms with Crippen LogP contribution < -0.4 is 22.1 Å². The van der Waals surface area contributed by atoms with E-state index < -0.39 is 23.1 Å². The molecule has 0 fully saturated rings. The van der Waals surface area contributed by atoms with Gasteiger partial charge in [-0.25, -0.2) is 4.79 Å². The average molecular weight is 284 g/mol. The van der Waals surface area contributed by atoms with Crippen LogP contribution in [-0.2, 0) is 23.7 Å². The summed E-state index contributed by atoms with van der Waals surface area (Å²) in [6.45, 7) is 0. The van der Waals surface area contributed by atoms with Crippen molar-refractivity contribution in [3.05, 3.63) is 26.9 Å². The molecule has 1 heterocycles. The lowest BCUT2D eigenvalue weighted by atomic mass is 10.2. The number of carboxylic acid groups (broad SMARTS) is 1. The van der Waals surface area contributed by atoms with E-state index in [1.54, 1.807) is 0 Å². The highest BCUT2D eigenvalue weighted by atomic mass is 16.4. The summed E-state index contributed by atoms with van der Waals surface area (Å²) < 4.78 is 2.10. The summed E-state index contributed by atoms with van der Waals surface area (Å²) >= 11 is 0. The average Bonchev–Trinajstić information content (AvgIpc) is 2.38. The van der Waals surface area contributed by atoms with E-state index in [1.807, 2.05) is 0 Å². The number of hydrogen-bond donors (Lipinski definition) is 3. The third-order valence-electron chi connectivity index (χ3n) is 2.65. The molecule has 1 aromatic rings. The van der Waals surface area contributed by atoms with E-state index in [0.29, 0.717) is 0 Å². The number of hydrazine groups is 1. The first-order valence-electron chi connectivity index (χ1n) is 5.86. The zero-order valence-electron chi connectivity index (χ0n) is 11.2. The first-order chi connectivity index (χ1) is 9.32. The molecule has 0 saturated carbocycles. The molecule has 0 atom stereocenters. The Balaban J connectivity index is 2.63. The predicted octanol–water partition coefficient (Wildman–Crippen LogP) is -1.22. The molecule has 0 aliphatic rings. The van der Waals surface area contributed by atoms with Gasteiger partial charge in [0, 0.05) is 33.0 Å².